The number of halogens is 1. The lowest BCUT2D eigenvalue weighted by molar-refractivity contribution is -0.134. The van der Waals surface area contributed by atoms with Crippen LogP contribution in [-0.4, -0.2) is 53.3 Å². The van der Waals surface area contributed by atoms with Crippen molar-refractivity contribution in [2.45, 2.75) is 26.4 Å². The number of aromatic nitrogens is 1. The quantitative estimate of drug-likeness (QED) is 0.864. The first kappa shape index (κ1) is 19.2. The van der Waals surface area contributed by atoms with Gasteiger partial charge >= 0.3 is 6.03 Å². The number of likely N-dealkylation sites (N-methyl/N-ethyl adjacent to an activating group) is 1. The summed E-state index contributed by atoms with van der Waals surface area (Å²) >= 11 is 5.89. The van der Waals surface area contributed by atoms with Crippen molar-refractivity contribution >= 4 is 29.2 Å². The second-order valence-corrected chi connectivity index (χ2v) is 6.87. The minimum atomic E-state index is -0.692. The second kappa shape index (κ2) is 7.98. The molecule has 27 heavy (non-hydrogen) atoms. The molecule has 2 heterocycles. The third-order valence-corrected chi connectivity index (χ3v) is 4.65. The summed E-state index contributed by atoms with van der Waals surface area (Å²) in [5.74, 6) is 0.306. The molecule has 0 saturated carbocycles. The van der Waals surface area contributed by atoms with Crippen molar-refractivity contribution in [1.82, 2.24) is 15.0 Å². The molecule has 1 aromatic carbocycles. The molecule has 1 aliphatic rings. The number of carbonyl (C=O) groups excluding carboxylic acids is 2. The second-order valence-electron chi connectivity index (χ2n) is 6.44. The van der Waals surface area contributed by atoms with Gasteiger partial charge in [-0.05, 0) is 31.5 Å². The fraction of sp³-hybridized carbons (Fsp3) is 0.389. The first-order valence-electron chi connectivity index (χ1n) is 8.44. The van der Waals surface area contributed by atoms with Gasteiger partial charge in [0.2, 0.25) is 5.91 Å². The summed E-state index contributed by atoms with van der Waals surface area (Å²) in [5.41, 5.74) is 2.03. The summed E-state index contributed by atoms with van der Waals surface area (Å²) < 4.78 is 10.4. The SMILES string of the molecule is Cc1noc(C)c1NC(=O)N1COCC1C(=O)N(C)Cc1ccc(Cl)cc1. The number of carbonyl (C=O) groups is 2. The highest BCUT2D eigenvalue weighted by molar-refractivity contribution is 6.30. The van der Waals surface area contributed by atoms with Crippen LogP contribution in [0.25, 0.3) is 0 Å². The molecule has 2 aromatic rings. The summed E-state index contributed by atoms with van der Waals surface area (Å²) in [6, 6.07) is 6.15. The van der Waals surface area contributed by atoms with Crippen molar-refractivity contribution in [3.8, 4) is 0 Å². The maximum absolute atomic E-state index is 12.8. The highest BCUT2D eigenvalue weighted by atomic mass is 35.5. The van der Waals surface area contributed by atoms with E-state index in [-0.39, 0.29) is 19.2 Å². The van der Waals surface area contributed by atoms with E-state index in [1.165, 1.54) is 4.90 Å². The summed E-state index contributed by atoms with van der Waals surface area (Å²) in [6.07, 6.45) is 0. The van der Waals surface area contributed by atoms with E-state index in [1.807, 2.05) is 12.1 Å². The number of benzene rings is 1. The number of hydrogen-bond donors (Lipinski definition) is 1. The minimum Gasteiger partial charge on any atom is -0.359 e. The van der Waals surface area contributed by atoms with Gasteiger partial charge in [0.15, 0.2) is 5.76 Å². The van der Waals surface area contributed by atoms with Gasteiger partial charge in [-0.25, -0.2) is 4.79 Å². The van der Waals surface area contributed by atoms with Crippen molar-refractivity contribution in [1.29, 1.82) is 0 Å². The zero-order valence-electron chi connectivity index (χ0n) is 15.4. The van der Waals surface area contributed by atoms with Crippen molar-refractivity contribution in [3.05, 3.63) is 46.3 Å². The van der Waals surface area contributed by atoms with Gasteiger partial charge in [0.1, 0.15) is 24.2 Å². The number of hydrogen-bond acceptors (Lipinski definition) is 5. The van der Waals surface area contributed by atoms with Crippen LogP contribution in [0.1, 0.15) is 17.0 Å². The number of aryl methyl sites for hydroxylation is 2. The Morgan fingerprint density at radius 3 is 2.67 bits per heavy atom. The van der Waals surface area contributed by atoms with Gasteiger partial charge in [-0.2, -0.15) is 0 Å². The van der Waals surface area contributed by atoms with E-state index >= 15 is 0 Å². The number of amides is 3. The van der Waals surface area contributed by atoms with E-state index < -0.39 is 12.1 Å². The Bertz CT molecular complexity index is 817. The normalized spacial score (nSPS) is 16.4. The molecule has 8 nitrogen and oxygen atoms in total. The van der Waals surface area contributed by atoms with Gasteiger partial charge in [0.25, 0.3) is 0 Å². The highest BCUT2D eigenvalue weighted by Gasteiger charge is 2.37. The van der Waals surface area contributed by atoms with Gasteiger partial charge in [0.05, 0.1) is 6.61 Å². The van der Waals surface area contributed by atoms with Crippen LogP contribution in [0, 0.1) is 13.8 Å². The van der Waals surface area contributed by atoms with Crippen LogP contribution in [-0.2, 0) is 16.1 Å². The average molecular weight is 393 g/mol. The summed E-state index contributed by atoms with van der Waals surface area (Å²) in [5, 5.41) is 7.19. The van der Waals surface area contributed by atoms with Crippen molar-refractivity contribution in [2.24, 2.45) is 0 Å². The molecule has 1 saturated heterocycles. The number of ether oxygens (including phenoxy) is 1. The lowest BCUT2D eigenvalue weighted by Gasteiger charge is -2.26. The highest BCUT2D eigenvalue weighted by Crippen LogP contribution is 2.21. The van der Waals surface area contributed by atoms with Crippen LogP contribution in [0.2, 0.25) is 5.02 Å². The van der Waals surface area contributed by atoms with Gasteiger partial charge in [-0.1, -0.05) is 28.9 Å². The maximum Gasteiger partial charge on any atom is 0.324 e. The Hall–Kier alpha value is -2.58. The van der Waals surface area contributed by atoms with E-state index in [0.29, 0.717) is 28.7 Å². The molecule has 9 heteroatoms. The number of rotatable bonds is 4. The van der Waals surface area contributed by atoms with E-state index in [1.54, 1.807) is 37.9 Å². The number of nitrogens with one attached hydrogen (secondary N) is 1. The largest absolute Gasteiger partial charge is 0.359 e. The van der Waals surface area contributed by atoms with E-state index in [9.17, 15) is 9.59 Å². The monoisotopic (exact) mass is 392 g/mol. The summed E-state index contributed by atoms with van der Waals surface area (Å²) in [4.78, 5) is 28.4. The molecule has 3 rings (SSSR count). The van der Waals surface area contributed by atoms with Gasteiger partial charge in [-0.15, -0.1) is 0 Å². The van der Waals surface area contributed by atoms with Crippen LogP contribution in [0.3, 0.4) is 0 Å². The van der Waals surface area contributed by atoms with Crippen molar-refractivity contribution in [3.63, 3.8) is 0 Å². The van der Waals surface area contributed by atoms with Crippen LogP contribution < -0.4 is 5.32 Å². The van der Waals surface area contributed by atoms with Crippen LogP contribution in [0.5, 0.6) is 0 Å². The first-order chi connectivity index (χ1) is 12.9. The Kier molecular flexibility index (Phi) is 5.67. The molecule has 0 spiro atoms. The van der Waals surface area contributed by atoms with Crippen molar-refractivity contribution in [2.75, 3.05) is 25.7 Å². The molecule has 0 radical (unpaired) electrons. The zero-order valence-corrected chi connectivity index (χ0v) is 16.1. The van der Waals surface area contributed by atoms with Gasteiger partial charge < -0.3 is 19.5 Å². The Balaban J connectivity index is 1.66. The number of nitrogens with zero attached hydrogens (tertiary/aromatic N) is 3. The number of anilines is 1. The topological polar surface area (TPSA) is 87.9 Å². The molecule has 3 amide bonds. The lowest BCUT2D eigenvalue weighted by Crippen LogP contribution is -2.49. The third-order valence-electron chi connectivity index (χ3n) is 4.40. The Labute approximate surface area is 162 Å². The molecule has 1 aromatic heterocycles. The average Bonchev–Trinajstić information content (AvgIpc) is 3.25. The smallest absolute Gasteiger partial charge is 0.324 e. The predicted molar refractivity (Wildman–Crippen MR) is 99.4 cm³/mol. The first-order valence-corrected chi connectivity index (χ1v) is 8.82. The van der Waals surface area contributed by atoms with Gasteiger partial charge in [0, 0.05) is 18.6 Å². The Morgan fingerprint density at radius 2 is 2.04 bits per heavy atom. The molecule has 1 atom stereocenters. The minimum absolute atomic E-state index is 0.0421. The molecule has 1 aliphatic heterocycles. The van der Waals surface area contributed by atoms with E-state index in [2.05, 4.69) is 10.5 Å². The molecular formula is C18H21ClN4O4. The van der Waals surface area contributed by atoms with E-state index in [0.717, 1.165) is 5.56 Å². The molecule has 0 aliphatic carbocycles. The fourth-order valence-electron chi connectivity index (χ4n) is 2.88. The van der Waals surface area contributed by atoms with Crippen molar-refractivity contribution < 1.29 is 18.8 Å². The van der Waals surface area contributed by atoms with Crippen LogP contribution in [0.15, 0.2) is 28.8 Å². The lowest BCUT2D eigenvalue weighted by atomic mass is 10.2. The van der Waals surface area contributed by atoms with Crippen LogP contribution >= 0.6 is 11.6 Å². The molecule has 1 fully saturated rings. The summed E-state index contributed by atoms with van der Waals surface area (Å²) in [6.45, 7) is 4.04. The standard InChI is InChI=1S/C18H21ClN4O4/c1-11-16(12(2)27-21-11)20-18(25)23-10-26-9-15(23)17(24)22(3)8-13-4-6-14(19)7-5-13/h4-7,15H,8-10H2,1-3H3,(H,20,25). The molecular weight excluding hydrogens is 372 g/mol. The maximum atomic E-state index is 12.8. The molecule has 144 valence electrons. The fourth-order valence-corrected chi connectivity index (χ4v) is 3.01. The molecule has 1 N–H and O–H groups in total. The third kappa shape index (κ3) is 4.23. The predicted octanol–water partition coefficient (Wildman–Crippen LogP) is 2.79. The number of urea groups is 1. The van der Waals surface area contributed by atoms with Crippen LogP contribution in [0.4, 0.5) is 10.5 Å². The summed E-state index contributed by atoms with van der Waals surface area (Å²) in [7, 11) is 1.69. The van der Waals surface area contributed by atoms with E-state index in [4.69, 9.17) is 20.9 Å². The molecule has 1 unspecified atom stereocenters. The van der Waals surface area contributed by atoms with Gasteiger partial charge in [-0.3, -0.25) is 9.69 Å². The zero-order chi connectivity index (χ0) is 19.6. The Morgan fingerprint density at radius 1 is 1.33 bits per heavy atom. The molecule has 0 bridgehead atoms.